The summed E-state index contributed by atoms with van der Waals surface area (Å²) in [5, 5.41) is 10.8. The molecule has 0 aromatic carbocycles. The molecule has 0 aliphatic rings. The topological polar surface area (TPSA) is 49.7 Å². The second-order valence-electron chi connectivity index (χ2n) is 2.03. The minimum absolute atomic E-state index is 0.0384. The number of hydrogen-bond acceptors (Lipinski definition) is 4. The fourth-order valence-corrected chi connectivity index (χ4v) is 2.02. The molecule has 0 unspecified atom stereocenters. The fraction of sp³-hybridized carbons (Fsp3) is 0.143. The van der Waals surface area contributed by atoms with Gasteiger partial charge in [-0.15, -0.1) is 16.5 Å². The Kier molecular flexibility index (Phi) is 3.43. The summed E-state index contributed by atoms with van der Waals surface area (Å²) in [4.78, 5) is 11.9. The Bertz CT molecular complexity index is 308. The summed E-state index contributed by atoms with van der Waals surface area (Å²) in [7, 11) is 0. The second-order valence-corrected chi connectivity index (χ2v) is 4.49. The van der Waals surface area contributed by atoms with E-state index in [9.17, 15) is 4.79 Å². The van der Waals surface area contributed by atoms with Crippen LogP contribution in [0, 0.1) is 0 Å². The summed E-state index contributed by atoms with van der Waals surface area (Å²) >= 11 is 4.62. The van der Waals surface area contributed by atoms with E-state index in [0.29, 0.717) is 4.88 Å². The zero-order valence-electron chi connectivity index (χ0n) is 6.03. The van der Waals surface area contributed by atoms with Crippen molar-refractivity contribution in [1.82, 2.24) is 0 Å². The van der Waals surface area contributed by atoms with Crippen LogP contribution in [0.2, 0.25) is 0 Å². The van der Waals surface area contributed by atoms with E-state index in [-0.39, 0.29) is 12.2 Å². The van der Waals surface area contributed by atoms with Crippen LogP contribution in [0.5, 0.6) is 0 Å². The lowest BCUT2D eigenvalue weighted by Gasteiger charge is -1.88. The van der Waals surface area contributed by atoms with Gasteiger partial charge in [0.25, 0.3) is 0 Å². The number of carbonyl (C=O) groups is 1. The van der Waals surface area contributed by atoms with Gasteiger partial charge in [0.05, 0.1) is 21.3 Å². The Morgan fingerprint density at radius 3 is 3.00 bits per heavy atom. The number of ketones is 1. The Labute approximate surface area is 81.8 Å². The fourth-order valence-electron chi connectivity index (χ4n) is 0.688. The molecule has 1 aromatic rings. The Balaban J connectivity index is 2.65. The number of nitrogens with zero attached hydrogens (tertiary/aromatic N) is 1. The molecule has 64 valence electrons. The molecule has 1 N–H and O–H groups in total. The number of thiophene rings is 1. The Hall–Kier alpha value is -0.680. The van der Waals surface area contributed by atoms with E-state index >= 15 is 0 Å². The van der Waals surface area contributed by atoms with Crippen LogP contribution in [0.15, 0.2) is 21.1 Å². The first kappa shape index (κ1) is 9.41. The van der Waals surface area contributed by atoms with Gasteiger partial charge in [-0.05, 0) is 28.1 Å². The van der Waals surface area contributed by atoms with Crippen molar-refractivity contribution >= 4 is 39.3 Å². The van der Waals surface area contributed by atoms with E-state index in [1.54, 1.807) is 6.07 Å². The predicted molar refractivity (Wildman–Crippen MR) is 51.2 cm³/mol. The SMILES string of the molecule is O=C(C/C=N/O)c1ccc(Br)s1. The van der Waals surface area contributed by atoms with Crippen LogP contribution in [0.3, 0.4) is 0 Å². The van der Waals surface area contributed by atoms with Crippen LogP contribution in [0.4, 0.5) is 0 Å². The number of hydrogen-bond donors (Lipinski definition) is 1. The monoisotopic (exact) mass is 247 g/mol. The molecular weight excluding hydrogens is 242 g/mol. The van der Waals surface area contributed by atoms with Crippen molar-refractivity contribution in [3.63, 3.8) is 0 Å². The maximum Gasteiger partial charge on any atom is 0.178 e. The van der Waals surface area contributed by atoms with E-state index in [2.05, 4.69) is 21.1 Å². The molecule has 0 aliphatic carbocycles. The van der Waals surface area contributed by atoms with Crippen molar-refractivity contribution in [3.05, 3.63) is 20.8 Å². The number of Topliss-reactive ketones (excluding diaryl/α,β-unsaturated/α-hetero) is 1. The van der Waals surface area contributed by atoms with Crippen LogP contribution in [0.25, 0.3) is 0 Å². The number of halogens is 1. The third-order valence-corrected chi connectivity index (χ3v) is 2.87. The van der Waals surface area contributed by atoms with E-state index in [4.69, 9.17) is 5.21 Å². The third-order valence-electron chi connectivity index (χ3n) is 1.21. The first-order valence-electron chi connectivity index (χ1n) is 3.18. The molecule has 0 bridgehead atoms. The number of oxime groups is 1. The lowest BCUT2D eigenvalue weighted by Crippen LogP contribution is -1.95. The molecule has 1 rings (SSSR count). The molecule has 0 fully saturated rings. The van der Waals surface area contributed by atoms with E-state index in [1.165, 1.54) is 17.6 Å². The average Bonchev–Trinajstić information content (AvgIpc) is 2.47. The van der Waals surface area contributed by atoms with Gasteiger partial charge in [-0.25, -0.2) is 0 Å². The zero-order valence-corrected chi connectivity index (χ0v) is 8.43. The normalized spacial score (nSPS) is 10.8. The van der Waals surface area contributed by atoms with Crippen LogP contribution in [-0.4, -0.2) is 17.2 Å². The summed E-state index contributed by atoms with van der Waals surface area (Å²) in [6, 6.07) is 3.55. The van der Waals surface area contributed by atoms with Gasteiger partial charge in [-0.2, -0.15) is 0 Å². The van der Waals surface area contributed by atoms with Crippen molar-refractivity contribution in [3.8, 4) is 0 Å². The number of carbonyl (C=O) groups excluding carboxylic acids is 1. The number of rotatable bonds is 3. The molecule has 0 amide bonds. The molecule has 5 heteroatoms. The molecule has 0 saturated carbocycles. The minimum Gasteiger partial charge on any atom is -0.411 e. The first-order valence-corrected chi connectivity index (χ1v) is 4.79. The van der Waals surface area contributed by atoms with Crippen LogP contribution >= 0.6 is 27.3 Å². The highest BCUT2D eigenvalue weighted by atomic mass is 79.9. The van der Waals surface area contributed by atoms with Crippen molar-refractivity contribution in [2.75, 3.05) is 0 Å². The van der Waals surface area contributed by atoms with Crippen molar-refractivity contribution in [2.24, 2.45) is 5.16 Å². The molecule has 0 saturated heterocycles. The van der Waals surface area contributed by atoms with E-state index < -0.39 is 0 Å². The molecule has 3 nitrogen and oxygen atoms in total. The van der Waals surface area contributed by atoms with E-state index in [0.717, 1.165) is 3.79 Å². The summed E-state index contributed by atoms with van der Waals surface area (Å²) in [6.45, 7) is 0. The summed E-state index contributed by atoms with van der Waals surface area (Å²) < 4.78 is 0.923. The first-order chi connectivity index (χ1) is 5.74. The molecule has 1 aromatic heterocycles. The van der Waals surface area contributed by atoms with Crippen molar-refractivity contribution < 1.29 is 10.0 Å². The van der Waals surface area contributed by atoms with Crippen molar-refractivity contribution in [1.29, 1.82) is 0 Å². The standard InChI is InChI=1S/C7H6BrNO2S/c8-7-2-1-6(12-7)5(10)3-4-9-11/h1-2,4,11H,3H2/b9-4+. The highest BCUT2D eigenvalue weighted by molar-refractivity contribution is 9.11. The zero-order chi connectivity index (χ0) is 8.97. The smallest absolute Gasteiger partial charge is 0.178 e. The largest absolute Gasteiger partial charge is 0.411 e. The summed E-state index contributed by atoms with van der Waals surface area (Å²) in [5.41, 5.74) is 0. The lowest BCUT2D eigenvalue weighted by molar-refractivity contribution is 0.100. The Morgan fingerprint density at radius 1 is 1.75 bits per heavy atom. The third kappa shape index (κ3) is 2.42. The predicted octanol–water partition coefficient (Wildman–Crippen LogP) is 2.54. The van der Waals surface area contributed by atoms with Gasteiger partial charge >= 0.3 is 0 Å². The minimum atomic E-state index is -0.0384. The van der Waals surface area contributed by atoms with Gasteiger partial charge in [0.1, 0.15) is 0 Å². The maximum absolute atomic E-state index is 11.2. The second kappa shape index (κ2) is 4.37. The van der Waals surface area contributed by atoms with Crippen LogP contribution < -0.4 is 0 Å². The Morgan fingerprint density at radius 2 is 2.50 bits per heavy atom. The summed E-state index contributed by atoms with van der Waals surface area (Å²) in [5.74, 6) is -0.0384. The van der Waals surface area contributed by atoms with E-state index in [1.807, 2.05) is 6.07 Å². The van der Waals surface area contributed by atoms with Crippen molar-refractivity contribution in [2.45, 2.75) is 6.42 Å². The summed E-state index contributed by atoms with van der Waals surface area (Å²) in [6.07, 6.45) is 1.32. The van der Waals surface area contributed by atoms with Gasteiger partial charge in [-0.3, -0.25) is 4.79 Å². The molecule has 0 aliphatic heterocycles. The van der Waals surface area contributed by atoms with Gasteiger partial charge in [-0.1, -0.05) is 0 Å². The molecule has 0 atom stereocenters. The molecule has 0 spiro atoms. The van der Waals surface area contributed by atoms with Gasteiger partial charge < -0.3 is 5.21 Å². The van der Waals surface area contributed by atoms with Gasteiger partial charge in [0.2, 0.25) is 0 Å². The average molecular weight is 248 g/mol. The molecule has 1 heterocycles. The molecular formula is C7H6BrNO2S. The van der Waals surface area contributed by atoms with Crippen LogP contribution in [-0.2, 0) is 0 Å². The maximum atomic E-state index is 11.2. The lowest BCUT2D eigenvalue weighted by atomic mass is 10.2. The highest BCUT2D eigenvalue weighted by Crippen LogP contribution is 2.22. The molecule has 0 radical (unpaired) electrons. The van der Waals surface area contributed by atoms with Gasteiger partial charge in [0.15, 0.2) is 5.78 Å². The van der Waals surface area contributed by atoms with Gasteiger partial charge in [0, 0.05) is 0 Å². The highest BCUT2D eigenvalue weighted by Gasteiger charge is 2.06. The van der Waals surface area contributed by atoms with Crippen LogP contribution in [0.1, 0.15) is 16.1 Å². The molecule has 12 heavy (non-hydrogen) atoms. The quantitative estimate of drug-likeness (QED) is 0.386.